The molecule has 0 saturated heterocycles. The zero-order chi connectivity index (χ0) is 14.8. The quantitative estimate of drug-likeness (QED) is 0.904. The predicted octanol–water partition coefficient (Wildman–Crippen LogP) is 2.24. The van der Waals surface area contributed by atoms with Gasteiger partial charge in [0, 0.05) is 10.9 Å². The van der Waals surface area contributed by atoms with Crippen LogP contribution in [0.4, 0.5) is 0 Å². The largest absolute Gasteiger partial charge is 0.479 e. The van der Waals surface area contributed by atoms with E-state index in [9.17, 15) is 9.90 Å². The van der Waals surface area contributed by atoms with Crippen molar-refractivity contribution in [3.05, 3.63) is 40.1 Å². The van der Waals surface area contributed by atoms with Crippen LogP contribution in [0.5, 0.6) is 0 Å². The second-order valence-electron chi connectivity index (χ2n) is 4.74. The van der Waals surface area contributed by atoms with Crippen LogP contribution in [-0.2, 0) is 16.8 Å². The van der Waals surface area contributed by atoms with E-state index in [4.69, 9.17) is 0 Å². The van der Waals surface area contributed by atoms with Crippen LogP contribution in [0.2, 0.25) is 0 Å². The fourth-order valence-corrected chi connectivity index (χ4v) is 2.14. The van der Waals surface area contributed by atoms with Gasteiger partial charge in [-0.3, -0.25) is 0 Å². The van der Waals surface area contributed by atoms with E-state index < -0.39 is 11.5 Å². The minimum absolute atomic E-state index is 0.403. The summed E-state index contributed by atoms with van der Waals surface area (Å²) >= 11 is 3.38. The summed E-state index contributed by atoms with van der Waals surface area (Å²) in [6.45, 7) is 3.43. The molecular formula is C13H15BrN4O2. The Morgan fingerprint density at radius 1 is 1.40 bits per heavy atom. The lowest BCUT2D eigenvalue weighted by Gasteiger charge is -2.24. The minimum atomic E-state index is -1.13. The van der Waals surface area contributed by atoms with Gasteiger partial charge in [-0.25, -0.2) is 9.48 Å². The van der Waals surface area contributed by atoms with Crippen LogP contribution in [-0.4, -0.2) is 31.3 Å². The molecule has 2 rings (SSSR count). The molecule has 1 heterocycles. The monoisotopic (exact) mass is 338 g/mol. The Hall–Kier alpha value is -1.76. The van der Waals surface area contributed by atoms with Crippen molar-refractivity contribution in [1.29, 1.82) is 0 Å². The van der Waals surface area contributed by atoms with Crippen LogP contribution in [0.1, 0.15) is 31.7 Å². The highest BCUT2D eigenvalue weighted by Gasteiger charge is 2.36. The molecule has 0 aliphatic heterocycles. The molecule has 1 N–H and O–H groups in total. The zero-order valence-corrected chi connectivity index (χ0v) is 12.8. The average molecular weight is 339 g/mol. The summed E-state index contributed by atoms with van der Waals surface area (Å²) in [7, 11) is 0. The summed E-state index contributed by atoms with van der Waals surface area (Å²) < 4.78 is 2.39. The van der Waals surface area contributed by atoms with Crippen LogP contribution in [0.25, 0.3) is 0 Å². The second-order valence-corrected chi connectivity index (χ2v) is 5.66. The molecule has 0 amide bonds. The number of carboxylic acid groups (broad SMARTS) is 1. The molecule has 1 aromatic carbocycles. The van der Waals surface area contributed by atoms with Crippen molar-refractivity contribution in [2.45, 2.75) is 32.2 Å². The van der Waals surface area contributed by atoms with Gasteiger partial charge >= 0.3 is 5.97 Å². The number of tetrazole rings is 1. The molecule has 106 valence electrons. The fraction of sp³-hybridized carbons (Fsp3) is 0.385. The van der Waals surface area contributed by atoms with E-state index in [1.54, 1.807) is 13.8 Å². The molecule has 0 bridgehead atoms. The maximum Gasteiger partial charge on any atom is 0.331 e. The standard InChI is InChI=1S/C13H15BrN4O2/c1-3-13(2,12(19)20)18-11(15-16-17-18)8-9-4-6-10(14)7-5-9/h4-7H,3,8H2,1-2H3,(H,19,20). The molecule has 0 fully saturated rings. The molecule has 20 heavy (non-hydrogen) atoms. The lowest BCUT2D eigenvalue weighted by Crippen LogP contribution is -2.40. The van der Waals surface area contributed by atoms with Crippen molar-refractivity contribution in [3.63, 3.8) is 0 Å². The molecule has 0 aliphatic rings. The van der Waals surface area contributed by atoms with Gasteiger partial charge in [-0.2, -0.15) is 0 Å². The first-order valence-electron chi connectivity index (χ1n) is 6.23. The highest BCUT2D eigenvalue weighted by atomic mass is 79.9. The van der Waals surface area contributed by atoms with Crippen molar-refractivity contribution in [3.8, 4) is 0 Å². The van der Waals surface area contributed by atoms with E-state index in [0.29, 0.717) is 18.7 Å². The van der Waals surface area contributed by atoms with Gasteiger partial charge in [0.05, 0.1) is 0 Å². The summed E-state index contributed by atoms with van der Waals surface area (Å²) in [5.74, 6) is -0.400. The van der Waals surface area contributed by atoms with Crippen molar-refractivity contribution in [2.24, 2.45) is 0 Å². The summed E-state index contributed by atoms with van der Waals surface area (Å²) in [6.07, 6.45) is 0.893. The minimum Gasteiger partial charge on any atom is -0.479 e. The highest BCUT2D eigenvalue weighted by Crippen LogP contribution is 2.22. The van der Waals surface area contributed by atoms with E-state index in [1.165, 1.54) is 4.68 Å². The Bertz CT molecular complexity index is 611. The molecule has 2 aromatic rings. The van der Waals surface area contributed by atoms with Gasteiger partial charge in [0.15, 0.2) is 11.4 Å². The molecule has 0 spiro atoms. The van der Waals surface area contributed by atoms with Gasteiger partial charge < -0.3 is 5.11 Å². The third-order valence-corrected chi connectivity index (χ3v) is 3.95. The predicted molar refractivity (Wildman–Crippen MR) is 76.3 cm³/mol. The first kappa shape index (κ1) is 14.6. The van der Waals surface area contributed by atoms with E-state index in [-0.39, 0.29) is 0 Å². The normalized spacial score (nSPS) is 13.9. The van der Waals surface area contributed by atoms with Crippen LogP contribution in [0.15, 0.2) is 28.7 Å². The third kappa shape index (κ3) is 2.72. The molecular weight excluding hydrogens is 324 g/mol. The number of aromatic nitrogens is 4. The molecule has 1 unspecified atom stereocenters. The van der Waals surface area contributed by atoms with Gasteiger partial charge in [0.2, 0.25) is 0 Å². The number of carboxylic acids is 1. The first-order valence-corrected chi connectivity index (χ1v) is 7.02. The van der Waals surface area contributed by atoms with E-state index in [2.05, 4.69) is 31.5 Å². The Morgan fingerprint density at radius 2 is 2.05 bits per heavy atom. The molecule has 6 nitrogen and oxygen atoms in total. The summed E-state index contributed by atoms with van der Waals surface area (Å²) in [5.41, 5.74) is -0.109. The second kappa shape index (κ2) is 5.70. The summed E-state index contributed by atoms with van der Waals surface area (Å²) in [4.78, 5) is 11.5. The number of benzene rings is 1. The topological polar surface area (TPSA) is 80.9 Å². The Balaban J connectivity index is 2.33. The van der Waals surface area contributed by atoms with Gasteiger partial charge in [-0.1, -0.05) is 35.0 Å². The van der Waals surface area contributed by atoms with Crippen molar-refractivity contribution < 1.29 is 9.90 Å². The van der Waals surface area contributed by atoms with Crippen LogP contribution in [0.3, 0.4) is 0 Å². The SMILES string of the molecule is CCC(C)(C(=O)O)n1nnnc1Cc1ccc(Br)cc1. The van der Waals surface area contributed by atoms with Crippen molar-refractivity contribution in [1.82, 2.24) is 20.2 Å². The lowest BCUT2D eigenvalue weighted by atomic mass is 9.99. The molecule has 1 aromatic heterocycles. The first-order chi connectivity index (χ1) is 9.47. The third-order valence-electron chi connectivity index (χ3n) is 3.43. The van der Waals surface area contributed by atoms with E-state index >= 15 is 0 Å². The van der Waals surface area contributed by atoms with Gasteiger partial charge in [0.25, 0.3) is 0 Å². The number of carbonyl (C=O) groups is 1. The van der Waals surface area contributed by atoms with E-state index in [1.807, 2.05) is 24.3 Å². The van der Waals surface area contributed by atoms with Gasteiger partial charge in [-0.05, 0) is 41.5 Å². The molecule has 7 heteroatoms. The van der Waals surface area contributed by atoms with Crippen LogP contribution in [0, 0.1) is 0 Å². The van der Waals surface area contributed by atoms with Crippen molar-refractivity contribution >= 4 is 21.9 Å². The number of halogens is 1. The van der Waals surface area contributed by atoms with Crippen LogP contribution < -0.4 is 0 Å². The number of rotatable bonds is 5. The number of nitrogens with zero attached hydrogens (tertiary/aromatic N) is 4. The maximum atomic E-state index is 11.5. The average Bonchev–Trinajstić information content (AvgIpc) is 2.89. The molecule has 0 aliphatic carbocycles. The van der Waals surface area contributed by atoms with Crippen LogP contribution >= 0.6 is 15.9 Å². The number of aliphatic carboxylic acids is 1. The molecule has 1 atom stereocenters. The Morgan fingerprint density at radius 3 is 2.60 bits per heavy atom. The summed E-state index contributed by atoms with van der Waals surface area (Å²) in [5, 5.41) is 20.8. The van der Waals surface area contributed by atoms with E-state index in [0.717, 1.165) is 10.0 Å². The van der Waals surface area contributed by atoms with Gasteiger partial charge in [0.1, 0.15) is 0 Å². The zero-order valence-electron chi connectivity index (χ0n) is 11.2. The molecule has 0 saturated carbocycles. The number of hydrogen-bond acceptors (Lipinski definition) is 4. The number of hydrogen-bond donors (Lipinski definition) is 1. The fourth-order valence-electron chi connectivity index (χ4n) is 1.88. The van der Waals surface area contributed by atoms with Crippen molar-refractivity contribution in [2.75, 3.05) is 0 Å². The molecule has 0 radical (unpaired) electrons. The lowest BCUT2D eigenvalue weighted by molar-refractivity contribution is -0.147. The highest BCUT2D eigenvalue weighted by molar-refractivity contribution is 9.10. The Labute approximate surface area is 124 Å². The maximum absolute atomic E-state index is 11.5. The summed E-state index contributed by atoms with van der Waals surface area (Å²) in [6, 6.07) is 7.76. The Kier molecular flexibility index (Phi) is 4.17. The van der Waals surface area contributed by atoms with Gasteiger partial charge in [-0.15, -0.1) is 5.10 Å². The smallest absolute Gasteiger partial charge is 0.331 e.